The highest BCUT2D eigenvalue weighted by Gasteiger charge is 2.32. The first-order valence-electron chi connectivity index (χ1n) is 13.9. The minimum atomic E-state index is -4.66. The molecule has 3 heterocycles. The number of nitrogens with zero attached hydrogens (tertiary/aromatic N) is 1. The van der Waals surface area contributed by atoms with E-state index in [2.05, 4.69) is 5.32 Å². The number of benzene rings is 3. The molecule has 0 unspecified atom stereocenters. The highest BCUT2D eigenvalue weighted by atomic mass is 32.2. The number of ether oxygens (including phenoxy) is 1. The van der Waals surface area contributed by atoms with Crippen LogP contribution < -0.4 is 20.6 Å². The largest absolute Gasteiger partial charge is 0.748 e. The zero-order valence-electron chi connectivity index (χ0n) is 24.7. The molecule has 3 aromatic rings. The van der Waals surface area contributed by atoms with Crippen LogP contribution in [0.25, 0.3) is 16.7 Å². The van der Waals surface area contributed by atoms with Gasteiger partial charge in [0.05, 0.1) is 37.9 Å². The molecule has 0 fully saturated rings. The van der Waals surface area contributed by atoms with Gasteiger partial charge in [-0.1, -0.05) is 30.4 Å². The number of rotatable bonds is 6. The van der Waals surface area contributed by atoms with E-state index in [1.165, 1.54) is 6.07 Å². The highest BCUT2D eigenvalue weighted by Crippen LogP contribution is 2.45. The Balaban J connectivity index is 1.72. The van der Waals surface area contributed by atoms with E-state index < -0.39 is 48.8 Å². The number of nitrogens with one attached hydrogen (secondary N) is 1. The lowest BCUT2D eigenvalue weighted by Gasteiger charge is -2.34. The molecular formula is C32H29N2O9S2-. The molecule has 0 radical (unpaired) electrons. The van der Waals surface area contributed by atoms with E-state index in [0.717, 1.165) is 0 Å². The lowest BCUT2D eigenvalue weighted by atomic mass is 9.84. The second kappa shape index (κ2) is 10.1. The lowest BCUT2D eigenvalue weighted by Crippen LogP contribution is -2.33. The van der Waals surface area contributed by atoms with Gasteiger partial charge in [0.25, 0.3) is 10.1 Å². The van der Waals surface area contributed by atoms with Gasteiger partial charge in [0.1, 0.15) is 17.3 Å². The molecule has 0 aromatic heterocycles. The molecule has 0 saturated carbocycles. The summed E-state index contributed by atoms with van der Waals surface area (Å²) in [5.74, 6) is -1.93. The van der Waals surface area contributed by atoms with Gasteiger partial charge in [0.15, 0.2) is 0 Å². The van der Waals surface area contributed by atoms with Crippen LogP contribution in [0.1, 0.15) is 60.3 Å². The standard InChI is InChI=1S/C32H30N2O9S2/c1-31(2)13-17(15-44(37,38)39)21-9-23-27(11-25(21)33-31)43-28-12-26-22(18(16-45(40,41)42)14-32(3,4)34-26)10-24(28)29(23)19-7-5-6-8-20(19)30(35)36/h5-14,33H,15-16H2,1-4H3,(H,35,36)(H,37,38,39)(H,40,41,42)/p-1. The average Bonchev–Trinajstić information content (AvgIpc) is 2.87. The van der Waals surface area contributed by atoms with Crippen LogP contribution in [0.2, 0.25) is 0 Å². The minimum Gasteiger partial charge on any atom is -0.748 e. The van der Waals surface area contributed by atoms with E-state index in [4.69, 9.17) is 9.73 Å². The van der Waals surface area contributed by atoms with Crippen LogP contribution in [0, 0.1) is 0 Å². The summed E-state index contributed by atoms with van der Waals surface area (Å²) in [5, 5.41) is 14.3. The Bertz CT molecular complexity index is 2250. The molecule has 3 aliphatic heterocycles. The minimum absolute atomic E-state index is 0.0153. The maximum atomic E-state index is 12.4. The summed E-state index contributed by atoms with van der Waals surface area (Å²) in [4.78, 5) is 17.2. The smallest absolute Gasteiger partial charge is 0.336 e. The summed E-state index contributed by atoms with van der Waals surface area (Å²) in [5.41, 5.74) is 1.66. The third-order valence-electron chi connectivity index (χ3n) is 7.69. The molecule has 0 saturated heterocycles. The molecule has 0 bridgehead atoms. The predicted octanol–water partition coefficient (Wildman–Crippen LogP) is 3.55. The first kappa shape index (κ1) is 30.7. The van der Waals surface area contributed by atoms with E-state index >= 15 is 0 Å². The number of hydrogen-bond donors (Lipinski definition) is 3. The van der Waals surface area contributed by atoms with Crippen LogP contribution >= 0.6 is 0 Å². The average molecular weight is 650 g/mol. The summed E-state index contributed by atoms with van der Waals surface area (Å²) in [6, 6.07) is 13.0. The number of anilines is 1. The maximum absolute atomic E-state index is 12.4. The van der Waals surface area contributed by atoms with Crippen molar-refractivity contribution in [1.29, 1.82) is 0 Å². The number of hydrogen-bond acceptors (Lipinski definition) is 9. The Morgan fingerprint density at radius 3 is 2.24 bits per heavy atom. The van der Waals surface area contributed by atoms with E-state index in [0.29, 0.717) is 61.2 Å². The van der Waals surface area contributed by atoms with Crippen LogP contribution in [0.5, 0.6) is 11.5 Å². The second-order valence-electron chi connectivity index (χ2n) is 12.5. The molecule has 0 aliphatic carbocycles. The second-order valence-corrected chi connectivity index (χ2v) is 15.3. The molecule has 0 atom stereocenters. The summed E-state index contributed by atoms with van der Waals surface area (Å²) in [6.45, 7) is 7.25. The number of carboxylic acid groups (broad SMARTS) is 1. The van der Waals surface area contributed by atoms with Gasteiger partial charge >= 0.3 is 5.97 Å². The summed E-state index contributed by atoms with van der Waals surface area (Å²) < 4.78 is 75.9. The van der Waals surface area contributed by atoms with Crippen molar-refractivity contribution in [2.75, 3.05) is 16.8 Å². The van der Waals surface area contributed by atoms with Crippen LogP contribution in [0.4, 0.5) is 5.69 Å². The fourth-order valence-electron chi connectivity index (χ4n) is 6.24. The van der Waals surface area contributed by atoms with Gasteiger partial charge in [-0.3, -0.25) is 9.55 Å². The normalized spacial score (nSPS) is 17.6. The number of carbonyl (C=O) groups is 1. The number of aromatic carboxylic acids is 1. The Hall–Kier alpha value is -4.30. The van der Waals surface area contributed by atoms with Crippen molar-refractivity contribution in [2.24, 2.45) is 4.99 Å². The first-order valence-corrected chi connectivity index (χ1v) is 17.1. The van der Waals surface area contributed by atoms with Crippen LogP contribution in [-0.2, 0) is 20.2 Å². The highest BCUT2D eigenvalue weighted by molar-refractivity contribution is 7.86. The topological polar surface area (TPSA) is 182 Å². The molecule has 3 N–H and O–H groups in total. The molecule has 13 heteroatoms. The van der Waals surface area contributed by atoms with Gasteiger partial charge in [-0.05, 0) is 62.6 Å². The van der Waals surface area contributed by atoms with Crippen molar-refractivity contribution in [3.05, 3.63) is 99.1 Å². The fraction of sp³-hybridized carbons (Fsp3) is 0.250. The molecule has 45 heavy (non-hydrogen) atoms. The van der Waals surface area contributed by atoms with Crippen molar-refractivity contribution in [3.8, 4) is 11.5 Å². The Morgan fingerprint density at radius 2 is 1.58 bits per heavy atom. The van der Waals surface area contributed by atoms with Gasteiger partial charge in [0.2, 0.25) is 0 Å². The van der Waals surface area contributed by atoms with Crippen molar-refractivity contribution in [1.82, 2.24) is 0 Å². The quantitative estimate of drug-likeness (QED) is 0.261. The van der Waals surface area contributed by atoms with Gasteiger partial charge in [0, 0.05) is 45.3 Å². The summed E-state index contributed by atoms with van der Waals surface area (Å²) in [7, 11) is -9.08. The summed E-state index contributed by atoms with van der Waals surface area (Å²) in [6.07, 6.45) is 3.33. The third kappa shape index (κ3) is 6.03. The lowest BCUT2D eigenvalue weighted by molar-refractivity contribution is 0.0696. The Labute approximate surface area is 259 Å². The van der Waals surface area contributed by atoms with E-state index in [1.807, 2.05) is 13.8 Å². The van der Waals surface area contributed by atoms with Crippen molar-refractivity contribution >= 4 is 48.6 Å². The maximum Gasteiger partial charge on any atom is 0.336 e. The van der Waals surface area contributed by atoms with Gasteiger partial charge < -0.3 is 19.7 Å². The van der Waals surface area contributed by atoms with Gasteiger partial charge in [-0.25, -0.2) is 13.2 Å². The fourth-order valence-corrected chi connectivity index (χ4v) is 7.49. The summed E-state index contributed by atoms with van der Waals surface area (Å²) >= 11 is 0. The Kier molecular flexibility index (Phi) is 6.90. The van der Waals surface area contributed by atoms with Crippen molar-refractivity contribution in [3.63, 3.8) is 0 Å². The molecule has 0 spiro atoms. The van der Waals surface area contributed by atoms with Crippen LogP contribution in [-0.4, -0.2) is 59.6 Å². The van der Waals surface area contributed by atoms with Gasteiger partial charge in [-0.15, -0.1) is 0 Å². The third-order valence-corrected chi connectivity index (χ3v) is 9.03. The number of carboxylic acids is 1. The molecular weight excluding hydrogens is 620 g/mol. The zero-order valence-corrected chi connectivity index (χ0v) is 26.3. The first-order chi connectivity index (χ1) is 20.8. The van der Waals surface area contributed by atoms with Gasteiger partial charge in [-0.2, -0.15) is 8.42 Å². The molecule has 3 aromatic carbocycles. The molecule has 3 aliphatic rings. The van der Waals surface area contributed by atoms with Crippen LogP contribution in [0.3, 0.4) is 0 Å². The molecule has 234 valence electrons. The Morgan fingerprint density at radius 1 is 0.889 bits per heavy atom. The van der Waals surface area contributed by atoms with Crippen molar-refractivity contribution < 1.29 is 40.6 Å². The molecule has 0 amide bonds. The molecule has 6 rings (SSSR count). The van der Waals surface area contributed by atoms with Crippen LogP contribution in [0.15, 0.2) is 65.7 Å². The molecule has 11 nitrogen and oxygen atoms in total. The predicted molar refractivity (Wildman–Crippen MR) is 167 cm³/mol. The SMILES string of the molecule is CC1(C)C=C(CS(=O)(=O)O)c2cc3c(cc2=N1)Oc1cc2c(cc1C=3c1ccccc1C(=O)O)C(CS(=O)(=O)[O-])=CC(C)(C)N2. The monoisotopic (exact) mass is 649 g/mol. The van der Waals surface area contributed by atoms with E-state index in [1.54, 1.807) is 68.5 Å². The zero-order chi connectivity index (χ0) is 32.7. The number of fused-ring (bicyclic) bond motifs is 4. The van der Waals surface area contributed by atoms with E-state index in [9.17, 15) is 35.8 Å². The van der Waals surface area contributed by atoms with Crippen molar-refractivity contribution in [2.45, 2.75) is 38.8 Å². The van der Waals surface area contributed by atoms with E-state index in [-0.39, 0.29) is 11.1 Å².